The van der Waals surface area contributed by atoms with E-state index in [1.807, 2.05) is 19.1 Å². The first-order valence-corrected chi connectivity index (χ1v) is 13.1. The Morgan fingerprint density at radius 2 is 1.06 bits per heavy atom. The van der Waals surface area contributed by atoms with Crippen molar-refractivity contribution in [3.8, 4) is 11.5 Å². The summed E-state index contributed by atoms with van der Waals surface area (Å²) in [5.41, 5.74) is 2.78. The van der Waals surface area contributed by atoms with E-state index >= 15 is 0 Å². The predicted molar refractivity (Wildman–Crippen MR) is 138 cm³/mol. The van der Waals surface area contributed by atoms with E-state index in [2.05, 4.69) is 0 Å². The molecule has 8 nitrogen and oxygen atoms in total. The molecule has 0 unspecified atom stereocenters. The molecule has 2 aliphatic carbocycles. The van der Waals surface area contributed by atoms with Crippen LogP contribution in [0.4, 0.5) is 11.4 Å². The Morgan fingerprint density at radius 1 is 0.722 bits per heavy atom. The van der Waals surface area contributed by atoms with Crippen molar-refractivity contribution < 1.29 is 20.1 Å². The zero-order valence-electron chi connectivity index (χ0n) is 21.4. The third-order valence-electron chi connectivity index (χ3n) is 8.58. The molecule has 2 aromatic carbocycles. The highest BCUT2D eigenvalue weighted by atomic mass is 16.6. The Kier molecular flexibility index (Phi) is 7.52. The first-order chi connectivity index (χ1) is 17.1. The minimum Gasteiger partial charge on any atom is -0.502 e. The maximum absolute atomic E-state index is 12.0. The van der Waals surface area contributed by atoms with Crippen molar-refractivity contribution in [2.45, 2.75) is 103 Å². The Hall–Kier alpha value is -3.16. The van der Waals surface area contributed by atoms with E-state index in [0.29, 0.717) is 33.4 Å². The summed E-state index contributed by atoms with van der Waals surface area (Å²) in [4.78, 5) is 23.0. The fourth-order valence-electron chi connectivity index (χ4n) is 6.55. The molecule has 2 N–H and O–H groups in total. The van der Waals surface area contributed by atoms with Gasteiger partial charge in [-0.15, -0.1) is 0 Å². The van der Waals surface area contributed by atoms with Gasteiger partial charge in [0.05, 0.1) is 9.85 Å². The Labute approximate surface area is 211 Å². The number of rotatable bonds is 6. The predicted octanol–water partition coefficient (Wildman–Crippen LogP) is 7.78. The van der Waals surface area contributed by atoms with Crippen molar-refractivity contribution in [3.05, 3.63) is 65.7 Å². The normalized spacial score (nSPS) is 17.4. The van der Waals surface area contributed by atoms with Crippen LogP contribution in [0.5, 0.6) is 11.5 Å². The van der Waals surface area contributed by atoms with E-state index in [4.69, 9.17) is 0 Å². The van der Waals surface area contributed by atoms with Crippen LogP contribution in [0, 0.1) is 34.1 Å². The molecule has 0 aliphatic heterocycles. The summed E-state index contributed by atoms with van der Waals surface area (Å²) < 4.78 is 0. The van der Waals surface area contributed by atoms with Crippen molar-refractivity contribution in [2.75, 3.05) is 0 Å². The van der Waals surface area contributed by atoms with Crippen molar-refractivity contribution >= 4 is 11.4 Å². The summed E-state index contributed by atoms with van der Waals surface area (Å²) in [6, 6.07) is 3.77. The second kappa shape index (κ2) is 10.4. The fourth-order valence-corrected chi connectivity index (χ4v) is 6.55. The van der Waals surface area contributed by atoms with Crippen LogP contribution < -0.4 is 0 Å². The monoisotopic (exact) mass is 496 g/mol. The molecular weight excluding hydrogens is 460 g/mol. The van der Waals surface area contributed by atoms with Gasteiger partial charge < -0.3 is 10.2 Å². The number of nitro groups is 2. The van der Waals surface area contributed by atoms with Crippen molar-refractivity contribution in [1.29, 1.82) is 0 Å². The maximum Gasteiger partial charge on any atom is 0.314 e. The summed E-state index contributed by atoms with van der Waals surface area (Å²) in [6.07, 6.45) is 9.80. The molecule has 36 heavy (non-hydrogen) atoms. The van der Waals surface area contributed by atoms with Crippen LogP contribution in [0.25, 0.3) is 0 Å². The minimum absolute atomic E-state index is 0.0528. The van der Waals surface area contributed by atoms with E-state index in [1.54, 1.807) is 13.8 Å². The van der Waals surface area contributed by atoms with Crippen molar-refractivity contribution in [3.63, 3.8) is 0 Å². The van der Waals surface area contributed by atoms with E-state index in [-0.39, 0.29) is 34.7 Å². The molecule has 0 saturated heterocycles. The topological polar surface area (TPSA) is 127 Å². The lowest BCUT2D eigenvalue weighted by Gasteiger charge is -2.27. The number of nitrogens with zero attached hydrogens (tertiary/aromatic N) is 2. The Morgan fingerprint density at radius 3 is 1.36 bits per heavy atom. The molecule has 4 rings (SSSR count). The zero-order chi connectivity index (χ0) is 26.1. The summed E-state index contributed by atoms with van der Waals surface area (Å²) in [5.74, 6) is -0.796. The second-order valence-corrected chi connectivity index (χ2v) is 10.7. The molecule has 8 heteroatoms. The maximum atomic E-state index is 12.0. The second-order valence-electron chi connectivity index (χ2n) is 10.7. The summed E-state index contributed by atoms with van der Waals surface area (Å²) in [5, 5.41) is 45.9. The third-order valence-corrected chi connectivity index (χ3v) is 8.58. The van der Waals surface area contributed by atoms with Gasteiger partial charge in [-0.05, 0) is 62.5 Å². The molecule has 0 atom stereocenters. The lowest BCUT2D eigenvalue weighted by Crippen LogP contribution is -2.12. The molecular formula is C28H36N2O6. The average Bonchev–Trinajstić information content (AvgIpc) is 2.84. The van der Waals surface area contributed by atoms with Crippen LogP contribution in [0.15, 0.2) is 12.1 Å². The number of phenolic OH excluding ortho intramolecular Hbond substituents is 2. The molecule has 0 radical (unpaired) electrons. The van der Waals surface area contributed by atoms with Crippen LogP contribution in [0.3, 0.4) is 0 Å². The molecule has 2 fully saturated rings. The van der Waals surface area contributed by atoms with Gasteiger partial charge in [-0.1, -0.05) is 57.6 Å². The lowest BCUT2D eigenvalue weighted by atomic mass is 9.77. The molecule has 2 aliphatic rings. The lowest BCUT2D eigenvalue weighted by molar-refractivity contribution is -0.386. The first kappa shape index (κ1) is 25.9. The fraction of sp³-hybridized carbons (Fsp3) is 0.571. The first-order valence-electron chi connectivity index (χ1n) is 13.1. The van der Waals surface area contributed by atoms with E-state index < -0.39 is 15.8 Å². The van der Waals surface area contributed by atoms with Crippen LogP contribution in [0.2, 0.25) is 0 Å². The molecule has 2 aromatic rings. The Bertz CT molecular complexity index is 1090. The van der Waals surface area contributed by atoms with Gasteiger partial charge in [0.25, 0.3) is 0 Å². The van der Waals surface area contributed by atoms with E-state index in [9.17, 15) is 30.4 Å². The highest BCUT2D eigenvalue weighted by Crippen LogP contribution is 2.49. The number of phenols is 2. The largest absolute Gasteiger partial charge is 0.502 e. The van der Waals surface area contributed by atoms with E-state index in [1.165, 1.54) is 0 Å². The van der Waals surface area contributed by atoms with Crippen molar-refractivity contribution in [2.24, 2.45) is 0 Å². The van der Waals surface area contributed by atoms with Gasteiger partial charge in [0, 0.05) is 28.2 Å². The number of aromatic hydroxyl groups is 2. The number of hydrogen-bond acceptors (Lipinski definition) is 6. The number of nitro benzene ring substituents is 2. The summed E-state index contributed by atoms with van der Waals surface area (Å²) in [7, 11) is 0. The van der Waals surface area contributed by atoms with Gasteiger partial charge >= 0.3 is 11.4 Å². The molecule has 0 aromatic heterocycles. The Balaban J connectivity index is 1.90. The third kappa shape index (κ3) is 4.65. The van der Waals surface area contributed by atoms with Crippen molar-refractivity contribution in [1.82, 2.24) is 0 Å². The molecule has 0 bridgehead atoms. The van der Waals surface area contributed by atoms with E-state index in [0.717, 1.165) is 64.2 Å². The summed E-state index contributed by atoms with van der Waals surface area (Å²) >= 11 is 0. The standard InChI is InChI=1S/C28H36N2O6/c1-16(21-14-23(19-10-6-4-7-11-19)27(31)25(17(21)2)29(33)34)22-15-24(20-12-8-5-9-13-20)28(32)26(18(22)3)30(35)36/h14-16,19-20,31-32H,4-13H2,1-3H3. The van der Waals surface area contributed by atoms with Crippen LogP contribution in [0.1, 0.15) is 122 Å². The molecule has 2 saturated carbocycles. The highest BCUT2D eigenvalue weighted by Gasteiger charge is 2.34. The van der Waals surface area contributed by atoms with Crippen LogP contribution >= 0.6 is 0 Å². The van der Waals surface area contributed by atoms with Gasteiger partial charge in [0.15, 0.2) is 11.5 Å². The SMILES string of the molecule is Cc1c(C(C)c2cc(C3CCCCC3)c(O)c([N+](=O)[O-])c2C)cc(C2CCCCC2)c(O)c1[N+](=O)[O-]. The molecule has 0 heterocycles. The van der Waals surface area contributed by atoms with Crippen LogP contribution in [-0.2, 0) is 0 Å². The average molecular weight is 497 g/mol. The quantitative estimate of drug-likeness (QED) is 0.310. The van der Waals surface area contributed by atoms with Gasteiger partial charge in [0.2, 0.25) is 0 Å². The zero-order valence-corrected chi connectivity index (χ0v) is 21.4. The summed E-state index contributed by atoms with van der Waals surface area (Å²) in [6.45, 7) is 5.18. The molecule has 194 valence electrons. The molecule has 0 amide bonds. The van der Waals surface area contributed by atoms with Crippen LogP contribution in [-0.4, -0.2) is 20.1 Å². The minimum atomic E-state index is -0.521. The number of hydrogen-bond donors (Lipinski definition) is 2. The van der Waals surface area contributed by atoms with Gasteiger partial charge in [-0.2, -0.15) is 0 Å². The van der Waals surface area contributed by atoms with Gasteiger partial charge in [-0.3, -0.25) is 20.2 Å². The number of benzene rings is 2. The smallest absolute Gasteiger partial charge is 0.314 e. The highest BCUT2D eigenvalue weighted by molar-refractivity contribution is 5.65. The van der Waals surface area contributed by atoms with Gasteiger partial charge in [0.1, 0.15) is 0 Å². The molecule has 0 spiro atoms. The van der Waals surface area contributed by atoms with Gasteiger partial charge in [-0.25, -0.2) is 0 Å².